The van der Waals surface area contributed by atoms with Crippen molar-refractivity contribution in [2.24, 2.45) is 0 Å². The minimum Gasteiger partial charge on any atom is -0.477 e. The quantitative estimate of drug-likeness (QED) is 0.0211. The number of ether oxygens (including phenoxy) is 4. The first-order valence-electron chi connectivity index (χ1n) is 43.5. The van der Waals surface area contributed by atoms with Gasteiger partial charge in [0, 0.05) is 12.8 Å². The molecule has 580 valence electrons. The van der Waals surface area contributed by atoms with Crippen LogP contribution in [0.5, 0.6) is 0 Å². The van der Waals surface area contributed by atoms with Gasteiger partial charge in [0.05, 0.1) is 34.4 Å². The van der Waals surface area contributed by atoms with Crippen LogP contribution in [0.2, 0.25) is 0 Å². The Labute approximate surface area is 615 Å². The molecule has 0 heterocycles. The lowest BCUT2D eigenvalue weighted by Crippen LogP contribution is -2.40. The normalized spacial score (nSPS) is 12.9. The van der Waals surface area contributed by atoms with E-state index >= 15 is 0 Å². The second-order valence-electron chi connectivity index (χ2n) is 30.8. The predicted octanol–water partition coefficient (Wildman–Crippen LogP) is 28.2. The van der Waals surface area contributed by atoms with Crippen molar-refractivity contribution >= 4 is 17.9 Å². The van der Waals surface area contributed by atoms with Gasteiger partial charge in [-0.25, -0.2) is 4.79 Å². The fourth-order valence-corrected chi connectivity index (χ4v) is 13.1. The van der Waals surface area contributed by atoms with Gasteiger partial charge in [-0.05, 0) is 83.5 Å². The Balaban J connectivity index is 3.93. The Morgan fingerprint density at radius 2 is 0.545 bits per heavy atom. The van der Waals surface area contributed by atoms with Crippen molar-refractivity contribution in [3.8, 4) is 0 Å². The van der Waals surface area contributed by atoms with E-state index < -0.39 is 18.4 Å². The smallest absolute Gasteiger partial charge is 0.361 e. The topological polar surface area (TPSA) is 108 Å². The van der Waals surface area contributed by atoms with E-state index in [-0.39, 0.29) is 38.2 Å². The molecular formula is C90H168NO8+. The third-order valence-electron chi connectivity index (χ3n) is 19.7. The van der Waals surface area contributed by atoms with E-state index in [1.807, 2.05) is 21.1 Å². The van der Waals surface area contributed by atoms with Crippen LogP contribution in [-0.4, -0.2) is 87.4 Å². The fraction of sp³-hybridized carbons (Fsp3) is 0.856. The number of hydrogen-bond donors (Lipinski definition) is 1. The van der Waals surface area contributed by atoms with Gasteiger partial charge in [-0.15, -0.1) is 0 Å². The lowest BCUT2D eigenvalue weighted by atomic mass is 10.0. The Morgan fingerprint density at radius 3 is 0.808 bits per heavy atom. The molecule has 2 unspecified atom stereocenters. The summed E-state index contributed by atoms with van der Waals surface area (Å²) in [5.41, 5.74) is 0. The lowest BCUT2D eigenvalue weighted by molar-refractivity contribution is -0.870. The van der Waals surface area contributed by atoms with E-state index in [1.54, 1.807) is 0 Å². The number of carbonyl (C=O) groups is 3. The highest BCUT2D eigenvalue weighted by Gasteiger charge is 2.25. The number of nitrogens with zero attached hydrogens (tertiary/aromatic N) is 1. The van der Waals surface area contributed by atoms with Gasteiger partial charge in [-0.1, -0.05) is 402 Å². The molecule has 0 bridgehead atoms. The van der Waals surface area contributed by atoms with Crippen LogP contribution in [0.1, 0.15) is 438 Å². The first-order chi connectivity index (χ1) is 48.6. The van der Waals surface area contributed by atoms with Gasteiger partial charge in [0.2, 0.25) is 0 Å². The van der Waals surface area contributed by atoms with Crippen LogP contribution in [0.25, 0.3) is 0 Å². The molecular weight excluding hydrogens is 1220 g/mol. The molecule has 0 amide bonds. The summed E-state index contributed by atoms with van der Waals surface area (Å²) in [7, 11) is 6.00. The molecule has 0 aromatic carbocycles. The van der Waals surface area contributed by atoms with Gasteiger partial charge < -0.3 is 28.5 Å². The van der Waals surface area contributed by atoms with E-state index in [1.165, 1.54) is 353 Å². The van der Waals surface area contributed by atoms with Gasteiger partial charge in [0.1, 0.15) is 13.2 Å². The highest BCUT2D eigenvalue weighted by Crippen LogP contribution is 2.20. The molecule has 2 atom stereocenters. The van der Waals surface area contributed by atoms with E-state index in [2.05, 4.69) is 74.6 Å². The molecule has 0 saturated carbocycles. The van der Waals surface area contributed by atoms with E-state index in [0.717, 1.165) is 57.8 Å². The number of quaternary nitrogens is 1. The molecule has 0 aromatic rings. The summed E-state index contributed by atoms with van der Waals surface area (Å²) < 4.78 is 23.1. The van der Waals surface area contributed by atoms with E-state index in [9.17, 15) is 19.5 Å². The third kappa shape index (κ3) is 82.2. The van der Waals surface area contributed by atoms with Gasteiger partial charge >= 0.3 is 17.9 Å². The van der Waals surface area contributed by atoms with Gasteiger partial charge in [-0.3, -0.25) is 9.59 Å². The molecule has 99 heavy (non-hydrogen) atoms. The molecule has 9 heteroatoms. The van der Waals surface area contributed by atoms with Crippen LogP contribution in [0.15, 0.2) is 60.8 Å². The average molecular weight is 1390 g/mol. The Morgan fingerprint density at radius 1 is 0.303 bits per heavy atom. The van der Waals surface area contributed by atoms with E-state index in [4.69, 9.17) is 18.9 Å². The van der Waals surface area contributed by atoms with Crippen molar-refractivity contribution in [1.29, 1.82) is 0 Å². The standard InChI is InChI=1S/C90H167NO8/c1-6-8-10-12-14-16-18-20-22-24-26-28-30-32-34-36-38-40-42-43-44-45-47-49-51-53-55-57-59-61-63-65-67-69-71-73-75-77-79-81-88(93)99-86(85-98-90(89(94)95)96-83-82-91(3,4)5)84-97-87(92)80-78-76-74-72-70-68-66-64-62-60-58-56-54-52-50-48-46-41-39-37-35-33-31-29-27-25-23-21-19-17-15-13-11-9-7-2/h18-21,24-27,30,32,86,90H,6-17,22-23,28-29,31,33-85H2,1-5H3/p+1/b20-18-,21-19-,26-24-,27-25-,32-30-. The summed E-state index contributed by atoms with van der Waals surface area (Å²) in [6.45, 7) is 4.93. The van der Waals surface area contributed by atoms with Crippen LogP contribution in [0.4, 0.5) is 0 Å². The van der Waals surface area contributed by atoms with Crippen molar-refractivity contribution in [2.75, 3.05) is 47.5 Å². The van der Waals surface area contributed by atoms with Gasteiger partial charge in [0.15, 0.2) is 6.10 Å². The number of hydrogen-bond acceptors (Lipinski definition) is 7. The number of likely N-dealkylation sites (N-methyl/N-ethyl adjacent to an activating group) is 1. The number of rotatable bonds is 82. The lowest BCUT2D eigenvalue weighted by Gasteiger charge is -2.25. The number of carbonyl (C=O) groups excluding carboxylic acids is 2. The van der Waals surface area contributed by atoms with Crippen molar-refractivity contribution in [3.63, 3.8) is 0 Å². The summed E-state index contributed by atoms with van der Waals surface area (Å²) in [5, 5.41) is 9.79. The van der Waals surface area contributed by atoms with Crippen molar-refractivity contribution in [1.82, 2.24) is 0 Å². The SMILES string of the molecule is CCCCCCC/C=C\C/C=C\C/C=C\CCCCCCCCCCCCCCCCCCCCCCCCCCC(=O)OC(COC(=O)CCCCCCCCCCCCCCCCCCCCCCCCC/C=C\C/C=C\CCCCCCC)COC(OCC[N+](C)(C)C)C(=O)O. The molecule has 0 aliphatic carbocycles. The summed E-state index contributed by atoms with van der Waals surface area (Å²) in [5.74, 6) is -1.97. The largest absolute Gasteiger partial charge is 0.477 e. The van der Waals surface area contributed by atoms with Crippen LogP contribution in [-0.2, 0) is 33.3 Å². The number of aliphatic carboxylic acids is 1. The van der Waals surface area contributed by atoms with Gasteiger partial charge in [-0.2, -0.15) is 0 Å². The van der Waals surface area contributed by atoms with Crippen molar-refractivity contribution < 1.29 is 42.9 Å². The van der Waals surface area contributed by atoms with Crippen LogP contribution in [0, 0.1) is 0 Å². The molecule has 0 aliphatic rings. The predicted molar refractivity (Wildman–Crippen MR) is 429 cm³/mol. The van der Waals surface area contributed by atoms with Crippen LogP contribution in [0.3, 0.4) is 0 Å². The zero-order valence-corrected chi connectivity index (χ0v) is 66.7. The van der Waals surface area contributed by atoms with Crippen molar-refractivity contribution in [3.05, 3.63) is 60.8 Å². The summed E-state index contributed by atoms with van der Waals surface area (Å²) >= 11 is 0. The second-order valence-corrected chi connectivity index (χ2v) is 30.8. The fourth-order valence-electron chi connectivity index (χ4n) is 13.1. The number of carboxylic acids is 1. The first-order valence-corrected chi connectivity index (χ1v) is 43.5. The monoisotopic (exact) mass is 1390 g/mol. The summed E-state index contributed by atoms with van der Waals surface area (Å²) in [6, 6.07) is 0. The number of allylic oxidation sites excluding steroid dienone is 10. The number of unbranched alkanes of at least 4 members (excludes halogenated alkanes) is 57. The molecule has 1 N–H and O–H groups in total. The molecule has 0 rings (SSSR count). The minimum absolute atomic E-state index is 0.176. The number of esters is 2. The third-order valence-corrected chi connectivity index (χ3v) is 19.7. The number of carboxylic acid groups (broad SMARTS) is 1. The maximum Gasteiger partial charge on any atom is 0.361 e. The molecule has 0 radical (unpaired) electrons. The highest BCUT2D eigenvalue weighted by molar-refractivity contribution is 5.71. The van der Waals surface area contributed by atoms with Crippen molar-refractivity contribution in [2.45, 2.75) is 450 Å². The summed E-state index contributed by atoms with van der Waals surface area (Å²) in [6.07, 6.45) is 106. The second kappa shape index (κ2) is 80.7. The van der Waals surface area contributed by atoms with Gasteiger partial charge in [0.25, 0.3) is 6.29 Å². The van der Waals surface area contributed by atoms with Crippen LogP contribution < -0.4 is 0 Å². The Hall–Kier alpha value is -3.01. The highest BCUT2D eigenvalue weighted by atomic mass is 16.7. The molecule has 9 nitrogen and oxygen atoms in total. The van der Waals surface area contributed by atoms with Crippen LogP contribution >= 0.6 is 0 Å². The molecule has 0 fully saturated rings. The summed E-state index contributed by atoms with van der Waals surface area (Å²) in [4.78, 5) is 37.8. The minimum atomic E-state index is -1.51. The Kier molecular flexibility index (Phi) is 78.2. The molecule has 0 aliphatic heterocycles. The maximum absolute atomic E-state index is 13.0. The first kappa shape index (κ1) is 96.0. The molecule has 0 spiro atoms. The zero-order valence-electron chi connectivity index (χ0n) is 66.7. The molecule has 0 saturated heterocycles. The average Bonchev–Trinajstić information content (AvgIpc) is 1.14. The molecule has 0 aromatic heterocycles. The Bertz CT molecular complexity index is 1820. The zero-order chi connectivity index (χ0) is 71.8. The maximum atomic E-state index is 13.0. The van der Waals surface area contributed by atoms with E-state index in [0.29, 0.717) is 17.4 Å².